The summed E-state index contributed by atoms with van der Waals surface area (Å²) in [6, 6.07) is 1.59. The molecule has 1 atom stereocenters. The molecular formula is C12H14F3NO2. The summed E-state index contributed by atoms with van der Waals surface area (Å²) in [5.74, 6) is -6.59. The second-order valence-electron chi connectivity index (χ2n) is 3.85. The fraction of sp³-hybridized carbons (Fsp3) is 0.417. The minimum atomic E-state index is -3.97. The van der Waals surface area contributed by atoms with E-state index in [1.165, 1.54) is 13.0 Å². The fourth-order valence-electron chi connectivity index (χ4n) is 1.43. The van der Waals surface area contributed by atoms with Crippen LogP contribution in [0.3, 0.4) is 0 Å². The minimum absolute atomic E-state index is 0.197. The summed E-state index contributed by atoms with van der Waals surface area (Å²) >= 11 is 0. The molecule has 1 aromatic carbocycles. The van der Waals surface area contributed by atoms with Gasteiger partial charge in [0.2, 0.25) is 0 Å². The van der Waals surface area contributed by atoms with Crippen LogP contribution in [0.1, 0.15) is 24.1 Å². The van der Waals surface area contributed by atoms with E-state index in [0.717, 1.165) is 12.1 Å². The quantitative estimate of drug-likeness (QED) is 0.846. The lowest BCUT2D eigenvalue weighted by molar-refractivity contribution is -0.174. The number of ether oxygens (including phenoxy) is 1. The molecule has 0 aliphatic rings. The summed E-state index contributed by atoms with van der Waals surface area (Å²) in [5, 5.41) is 0. The zero-order chi connectivity index (χ0) is 13.9. The summed E-state index contributed by atoms with van der Waals surface area (Å²) in [6.45, 7) is 2.81. The number of carbonyl (C=O) groups excluding carboxylic acids is 1. The van der Waals surface area contributed by atoms with Crippen LogP contribution in [0, 0.1) is 12.7 Å². The van der Waals surface area contributed by atoms with E-state index in [-0.39, 0.29) is 6.61 Å². The second-order valence-corrected chi connectivity index (χ2v) is 3.85. The van der Waals surface area contributed by atoms with Crippen LogP contribution >= 0.6 is 0 Å². The molecule has 0 unspecified atom stereocenters. The van der Waals surface area contributed by atoms with Crippen molar-refractivity contribution in [3.63, 3.8) is 0 Å². The van der Waals surface area contributed by atoms with Gasteiger partial charge in [0.05, 0.1) is 6.61 Å². The number of nitrogens with two attached hydrogens (primary N) is 1. The van der Waals surface area contributed by atoms with Gasteiger partial charge in [0.25, 0.3) is 0 Å². The van der Waals surface area contributed by atoms with Gasteiger partial charge in [-0.05, 0) is 25.5 Å². The van der Waals surface area contributed by atoms with Crippen molar-refractivity contribution in [1.82, 2.24) is 0 Å². The lowest BCUT2D eigenvalue weighted by Gasteiger charge is -2.22. The number of esters is 1. The van der Waals surface area contributed by atoms with Crippen molar-refractivity contribution in [2.24, 2.45) is 5.73 Å². The minimum Gasteiger partial charge on any atom is -0.462 e. The number of benzene rings is 1. The Bertz CT molecular complexity index is 449. The number of rotatable bonds is 4. The van der Waals surface area contributed by atoms with Crippen molar-refractivity contribution in [3.8, 4) is 0 Å². The van der Waals surface area contributed by atoms with Gasteiger partial charge in [0.15, 0.2) is 0 Å². The van der Waals surface area contributed by atoms with Crippen molar-refractivity contribution in [1.29, 1.82) is 0 Å². The number of hydrogen-bond donors (Lipinski definition) is 1. The van der Waals surface area contributed by atoms with E-state index >= 15 is 0 Å². The number of halogens is 3. The molecule has 0 radical (unpaired) electrons. The molecule has 3 nitrogen and oxygen atoms in total. The third kappa shape index (κ3) is 2.81. The van der Waals surface area contributed by atoms with Gasteiger partial charge in [0, 0.05) is 5.56 Å². The molecule has 0 aromatic heterocycles. The van der Waals surface area contributed by atoms with Crippen molar-refractivity contribution in [3.05, 3.63) is 35.1 Å². The maximum Gasteiger partial charge on any atom is 0.379 e. The summed E-state index contributed by atoms with van der Waals surface area (Å²) < 4.78 is 44.9. The number of alkyl halides is 2. The van der Waals surface area contributed by atoms with Gasteiger partial charge >= 0.3 is 11.9 Å². The molecule has 1 rings (SSSR count). The van der Waals surface area contributed by atoms with E-state index < -0.39 is 29.3 Å². The molecule has 0 saturated carbocycles. The maximum absolute atomic E-state index is 13.6. The van der Waals surface area contributed by atoms with Crippen LogP contribution in [0.15, 0.2) is 18.2 Å². The number of hydrogen-bond acceptors (Lipinski definition) is 3. The Kier molecular flexibility index (Phi) is 4.34. The first kappa shape index (κ1) is 14.5. The third-order valence-electron chi connectivity index (χ3n) is 2.43. The average molecular weight is 261 g/mol. The molecule has 2 N–H and O–H groups in total. The molecular weight excluding hydrogens is 247 g/mol. The second kappa shape index (κ2) is 5.39. The van der Waals surface area contributed by atoms with Crippen molar-refractivity contribution < 1.29 is 22.7 Å². The smallest absolute Gasteiger partial charge is 0.379 e. The molecule has 18 heavy (non-hydrogen) atoms. The van der Waals surface area contributed by atoms with Crippen LogP contribution in [0.25, 0.3) is 0 Å². The highest BCUT2D eigenvalue weighted by molar-refractivity contribution is 5.78. The van der Waals surface area contributed by atoms with Crippen LogP contribution in [0.4, 0.5) is 13.2 Å². The van der Waals surface area contributed by atoms with Gasteiger partial charge in [-0.1, -0.05) is 12.1 Å². The normalized spacial score (nSPS) is 13.2. The van der Waals surface area contributed by atoms with E-state index in [0.29, 0.717) is 5.56 Å². The average Bonchev–Trinajstić information content (AvgIpc) is 2.28. The van der Waals surface area contributed by atoms with Gasteiger partial charge in [-0.25, -0.2) is 9.18 Å². The monoisotopic (exact) mass is 261 g/mol. The Hall–Kier alpha value is -1.56. The highest BCUT2D eigenvalue weighted by atomic mass is 19.3. The van der Waals surface area contributed by atoms with E-state index in [1.807, 2.05) is 0 Å². The van der Waals surface area contributed by atoms with Crippen LogP contribution in [-0.2, 0) is 9.53 Å². The first-order valence-electron chi connectivity index (χ1n) is 5.37. The third-order valence-corrected chi connectivity index (χ3v) is 2.43. The van der Waals surface area contributed by atoms with Crippen molar-refractivity contribution in [2.45, 2.75) is 25.8 Å². The van der Waals surface area contributed by atoms with E-state index in [1.54, 1.807) is 6.92 Å². The first-order chi connectivity index (χ1) is 8.30. The van der Waals surface area contributed by atoms with E-state index in [4.69, 9.17) is 5.73 Å². The molecule has 100 valence electrons. The Balaban J connectivity index is 3.05. The lowest BCUT2D eigenvalue weighted by atomic mass is 9.99. The van der Waals surface area contributed by atoms with Crippen molar-refractivity contribution >= 4 is 5.97 Å². The molecule has 0 spiro atoms. The Labute approximate surface area is 103 Å². The fourth-order valence-corrected chi connectivity index (χ4v) is 1.43. The van der Waals surface area contributed by atoms with E-state index in [9.17, 15) is 18.0 Å². The molecule has 0 fully saturated rings. The summed E-state index contributed by atoms with van der Waals surface area (Å²) in [6.07, 6.45) is 0. The van der Waals surface area contributed by atoms with E-state index in [2.05, 4.69) is 4.74 Å². The molecule has 6 heteroatoms. The van der Waals surface area contributed by atoms with Crippen LogP contribution < -0.4 is 5.73 Å². The molecule has 1 aromatic rings. The Morgan fingerprint density at radius 2 is 2.11 bits per heavy atom. The molecule has 0 aliphatic carbocycles. The highest BCUT2D eigenvalue weighted by Crippen LogP contribution is 2.32. The summed E-state index contributed by atoms with van der Waals surface area (Å²) in [5.41, 5.74) is 5.42. The zero-order valence-electron chi connectivity index (χ0n) is 10.0. The predicted octanol–water partition coefficient (Wildman–Crippen LogP) is 2.33. The van der Waals surface area contributed by atoms with Crippen molar-refractivity contribution in [2.75, 3.05) is 6.61 Å². The van der Waals surface area contributed by atoms with Gasteiger partial charge in [-0.2, -0.15) is 8.78 Å². The van der Waals surface area contributed by atoms with Gasteiger partial charge in [-0.15, -0.1) is 0 Å². The van der Waals surface area contributed by atoms with Crippen LogP contribution in [0.2, 0.25) is 0 Å². The zero-order valence-corrected chi connectivity index (χ0v) is 10.0. The topological polar surface area (TPSA) is 52.3 Å². The maximum atomic E-state index is 13.6. The van der Waals surface area contributed by atoms with Crippen LogP contribution in [0.5, 0.6) is 0 Å². The first-order valence-corrected chi connectivity index (χ1v) is 5.37. The number of aryl methyl sites for hydroxylation is 1. The largest absolute Gasteiger partial charge is 0.462 e. The highest BCUT2D eigenvalue weighted by Gasteiger charge is 2.48. The Morgan fingerprint density at radius 3 is 2.61 bits per heavy atom. The van der Waals surface area contributed by atoms with Gasteiger partial charge in [0.1, 0.15) is 11.9 Å². The summed E-state index contributed by atoms with van der Waals surface area (Å²) in [7, 11) is 0. The number of carbonyl (C=O) groups is 1. The molecule has 0 aliphatic heterocycles. The van der Waals surface area contributed by atoms with Crippen LogP contribution in [-0.4, -0.2) is 18.5 Å². The Morgan fingerprint density at radius 1 is 1.50 bits per heavy atom. The summed E-state index contributed by atoms with van der Waals surface area (Å²) in [4.78, 5) is 11.1. The molecule has 0 bridgehead atoms. The van der Waals surface area contributed by atoms with Gasteiger partial charge < -0.3 is 10.5 Å². The molecule has 0 saturated heterocycles. The van der Waals surface area contributed by atoms with Gasteiger partial charge in [-0.3, -0.25) is 0 Å². The lowest BCUT2D eigenvalue weighted by Crippen LogP contribution is -2.42. The standard InChI is InChI=1S/C12H14F3NO2/c1-3-18-11(17)12(14,15)10(16)8-5-4-7(2)6-9(8)13/h4-6,10H,3,16H2,1-2H3/t10-/m0/s1. The SMILES string of the molecule is CCOC(=O)C(F)(F)[C@@H](N)c1ccc(C)cc1F. The predicted molar refractivity (Wildman–Crippen MR) is 59.6 cm³/mol. The molecule has 0 amide bonds. The molecule has 0 heterocycles.